The van der Waals surface area contributed by atoms with E-state index in [0.29, 0.717) is 35.3 Å². The lowest BCUT2D eigenvalue weighted by molar-refractivity contribution is 0.0709. The molecule has 7 nitrogen and oxygen atoms in total. The Morgan fingerprint density at radius 2 is 1.96 bits per heavy atom. The van der Waals surface area contributed by atoms with Crippen LogP contribution in [0, 0.1) is 6.92 Å². The fourth-order valence-corrected chi connectivity index (χ4v) is 3.44. The van der Waals surface area contributed by atoms with Crippen LogP contribution in [0.3, 0.4) is 0 Å². The summed E-state index contributed by atoms with van der Waals surface area (Å²) >= 11 is 0. The second kappa shape index (κ2) is 6.98. The Morgan fingerprint density at radius 1 is 1.19 bits per heavy atom. The maximum atomic E-state index is 13.4. The minimum Gasteiger partial charge on any atom is -0.360 e. The number of hydrogen-bond donors (Lipinski definition) is 0. The van der Waals surface area contributed by atoms with E-state index in [1.807, 2.05) is 44.2 Å². The molecule has 3 aromatic rings. The monoisotopic (exact) mass is 366 g/mol. The van der Waals surface area contributed by atoms with Gasteiger partial charge in [-0.25, -0.2) is 0 Å². The molecular weight excluding hydrogens is 344 g/mol. The minimum absolute atomic E-state index is 0.112. The number of hydrogen-bond acceptors (Lipinski definition) is 6. The van der Waals surface area contributed by atoms with Crippen molar-refractivity contribution in [1.82, 2.24) is 20.2 Å². The Bertz CT molecular complexity index is 945. The van der Waals surface area contributed by atoms with Gasteiger partial charge in [-0.15, -0.1) is 0 Å². The Kier molecular flexibility index (Phi) is 4.51. The Balaban J connectivity index is 1.67. The molecule has 1 amide bonds. The third-order valence-electron chi connectivity index (χ3n) is 4.90. The Morgan fingerprint density at radius 3 is 2.67 bits per heavy atom. The first-order valence-corrected chi connectivity index (χ1v) is 9.22. The minimum atomic E-state index is -0.213. The third-order valence-corrected chi connectivity index (χ3v) is 4.90. The van der Waals surface area contributed by atoms with Gasteiger partial charge >= 0.3 is 0 Å². The topological polar surface area (TPSA) is 85.3 Å². The molecule has 0 aliphatic carbocycles. The Labute approximate surface area is 157 Å². The maximum absolute atomic E-state index is 13.4. The lowest BCUT2D eigenvalue weighted by Crippen LogP contribution is -2.31. The van der Waals surface area contributed by atoms with Crippen LogP contribution in [0.2, 0.25) is 0 Å². The number of aromatic nitrogens is 3. The molecule has 140 valence electrons. The molecule has 0 bridgehead atoms. The molecule has 0 spiro atoms. The van der Waals surface area contributed by atoms with E-state index in [4.69, 9.17) is 9.05 Å². The fraction of sp³-hybridized carbons (Fsp3) is 0.400. The zero-order chi connectivity index (χ0) is 19.0. The summed E-state index contributed by atoms with van der Waals surface area (Å²) in [6.07, 6.45) is 1.69. The fourth-order valence-electron chi connectivity index (χ4n) is 3.44. The van der Waals surface area contributed by atoms with Crippen LogP contribution >= 0.6 is 0 Å². The number of amides is 1. The molecule has 1 aliphatic heterocycles. The van der Waals surface area contributed by atoms with Crippen LogP contribution in [0.15, 0.2) is 39.4 Å². The number of likely N-dealkylation sites (tertiary alicyclic amines) is 1. The van der Waals surface area contributed by atoms with Crippen LogP contribution in [0.25, 0.3) is 11.3 Å². The molecule has 1 unspecified atom stereocenters. The Hall–Kier alpha value is -2.96. The van der Waals surface area contributed by atoms with Crippen molar-refractivity contribution in [3.05, 3.63) is 53.4 Å². The zero-order valence-corrected chi connectivity index (χ0v) is 15.7. The van der Waals surface area contributed by atoms with Crippen molar-refractivity contribution < 1.29 is 13.8 Å². The van der Waals surface area contributed by atoms with Gasteiger partial charge in [-0.2, -0.15) is 4.98 Å². The predicted octanol–water partition coefficient (Wildman–Crippen LogP) is 4.13. The van der Waals surface area contributed by atoms with E-state index in [1.165, 1.54) is 0 Å². The van der Waals surface area contributed by atoms with Gasteiger partial charge in [0.2, 0.25) is 5.89 Å². The standard InChI is InChI=1S/C20H22N4O3/c1-12(2)18-21-19(27-23-18)15-10-7-11-24(15)20(25)16-13(3)26-22-17(16)14-8-5-4-6-9-14/h4-6,8-9,12,15H,7,10-11H2,1-3H3. The molecule has 7 heteroatoms. The predicted molar refractivity (Wildman–Crippen MR) is 98.1 cm³/mol. The quantitative estimate of drug-likeness (QED) is 0.690. The molecule has 1 fully saturated rings. The van der Waals surface area contributed by atoms with Crippen molar-refractivity contribution in [3.63, 3.8) is 0 Å². The molecule has 2 aromatic heterocycles. The highest BCUT2D eigenvalue weighted by Crippen LogP contribution is 2.35. The van der Waals surface area contributed by atoms with Crippen molar-refractivity contribution in [2.45, 2.75) is 45.6 Å². The SMILES string of the molecule is Cc1onc(-c2ccccc2)c1C(=O)N1CCCC1c1nc(C(C)C)no1. The zero-order valence-electron chi connectivity index (χ0n) is 15.7. The second-order valence-corrected chi connectivity index (χ2v) is 7.13. The van der Waals surface area contributed by atoms with E-state index < -0.39 is 0 Å². The van der Waals surface area contributed by atoms with Crippen LogP contribution in [-0.2, 0) is 0 Å². The summed E-state index contributed by atoms with van der Waals surface area (Å²) in [4.78, 5) is 19.7. The molecule has 3 heterocycles. The molecule has 4 rings (SSSR count). The average molecular weight is 366 g/mol. The molecule has 1 aliphatic rings. The van der Waals surface area contributed by atoms with Crippen molar-refractivity contribution in [2.24, 2.45) is 0 Å². The van der Waals surface area contributed by atoms with E-state index in [1.54, 1.807) is 11.8 Å². The van der Waals surface area contributed by atoms with Crippen molar-refractivity contribution in [2.75, 3.05) is 6.54 Å². The molecular formula is C20H22N4O3. The molecule has 1 saturated heterocycles. The summed E-state index contributed by atoms with van der Waals surface area (Å²) in [6.45, 7) is 6.43. The highest BCUT2D eigenvalue weighted by molar-refractivity contribution is 6.01. The van der Waals surface area contributed by atoms with Gasteiger partial charge in [0.1, 0.15) is 23.1 Å². The van der Waals surface area contributed by atoms with Crippen molar-refractivity contribution >= 4 is 5.91 Å². The number of aryl methyl sites for hydroxylation is 1. The van der Waals surface area contributed by atoms with Gasteiger partial charge in [0.25, 0.3) is 5.91 Å². The highest BCUT2D eigenvalue weighted by Gasteiger charge is 2.37. The normalized spacial score (nSPS) is 17.0. The van der Waals surface area contributed by atoms with Crippen molar-refractivity contribution in [3.8, 4) is 11.3 Å². The highest BCUT2D eigenvalue weighted by atomic mass is 16.5. The average Bonchev–Trinajstić information content (AvgIpc) is 3.40. The summed E-state index contributed by atoms with van der Waals surface area (Å²) in [5.41, 5.74) is 1.92. The lowest BCUT2D eigenvalue weighted by atomic mass is 10.0. The molecule has 1 atom stereocenters. The molecule has 1 aromatic carbocycles. The summed E-state index contributed by atoms with van der Waals surface area (Å²) < 4.78 is 10.8. The van der Waals surface area contributed by atoms with Crippen LogP contribution in [-0.4, -0.2) is 32.6 Å². The summed E-state index contributed by atoms with van der Waals surface area (Å²) in [5.74, 6) is 1.74. The summed E-state index contributed by atoms with van der Waals surface area (Å²) in [6, 6.07) is 9.38. The maximum Gasteiger partial charge on any atom is 0.260 e. The summed E-state index contributed by atoms with van der Waals surface area (Å²) in [5, 5.41) is 8.17. The van der Waals surface area contributed by atoms with E-state index in [-0.39, 0.29) is 17.9 Å². The van der Waals surface area contributed by atoms with Crippen LogP contribution < -0.4 is 0 Å². The molecule has 27 heavy (non-hydrogen) atoms. The number of benzene rings is 1. The van der Waals surface area contributed by atoms with E-state index in [2.05, 4.69) is 15.3 Å². The smallest absolute Gasteiger partial charge is 0.260 e. The van der Waals surface area contributed by atoms with Gasteiger partial charge in [0, 0.05) is 18.0 Å². The first-order valence-electron chi connectivity index (χ1n) is 9.22. The van der Waals surface area contributed by atoms with Gasteiger partial charge in [-0.3, -0.25) is 4.79 Å². The van der Waals surface area contributed by atoms with E-state index in [9.17, 15) is 4.79 Å². The molecule has 0 N–H and O–H groups in total. The van der Waals surface area contributed by atoms with Crippen LogP contribution in [0.4, 0.5) is 0 Å². The number of rotatable bonds is 4. The largest absolute Gasteiger partial charge is 0.360 e. The number of carbonyl (C=O) groups is 1. The third kappa shape index (κ3) is 3.13. The van der Waals surface area contributed by atoms with Crippen LogP contribution in [0.5, 0.6) is 0 Å². The second-order valence-electron chi connectivity index (χ2n) is 7.13. The summed E-state index contributed by atoms with van der Waals surface area (Å²) in [7, 11) is 0. The van der Waals surface area contributed by atoms with Gasteiger partial charge in [-0.05, 0) is 19.8 Å². The van der Waals surface area contributed by atoms with Gasteiger partial charge in [0.15, 0.2) is 5.82 Å². The molecule has 0 saturated carbocycles. The van der Waals surface area contributed by atoms with Crippen LogP contribution in [0.1, 0.15) is 66.5 Å². The van der Waals surface area contributed by atoms with E-state index >= 15 is 0 Å². The van der Waals surface area contributed by atoms with Gasteiger partial charge < -0.3 is 13.9 Å². The number of nitrogens with zero attached hydrogens (tertiary/aromatic N) is 4. The first kappa shape index (κ1) is 17.5. The lowest BCUT2D eigenvalue weighted by Gasteiger charge is -2.21. The van der Waals surface area contributed by atoms with Gasteiger partial charge in [-0.1, -0.05) is 54.5 Å². The van der Waals surface area contributed by atoms with E-state index in [0.717, 1.165) is 18.4 Å². The number of carbonyl (C=O) groups excluding carboxylic acids is 1. The van der Waals surface area contributed by atoms with Gasteiger partial charge in [0.05, 0.1) is 0 Å². The molecule has 0 radical (unpaired) electrons. The first-order chi connectivity index (χ1) is 13.1. The van der Waals surface area contributed by atoms with Crippen molar-refractivity contribution in [1.29, 1.82) is 0 Å².